The maximum atomic E-state index is 13.2. The van der Waals surface area contributed by atoms with Crippen molar-refractivity contribution in [2.24, 2.45) is 0 Å². The molecule has 180 valence electrons. The lowest BCUT2D eigenvalue weighted by molar-refractivity contribution is -0.139. The number of Topliss-reactive ketones (excluding diaryl/α,β-unsaturated/α-hetero) is 1. The third-order valence-electron chi connectivity index (χ3n) is 5.86. The maximum absolute atomic E-state index is 13.2. The number of halogens is 2. The summed E-state index contributed by atoms with van der Waals surface area (Å²) in [7, 11) is 0. The molecule has 0 radical (unpaired) electrons. The second-order valence-electron chi connectivity index (χ2n) is 8.28. The summed E-state index contributed by atoms with van der Waals surface area (Å²) in [6.07, 6.45) is 1.38. The van der Waals surface area contributed by atoms with E-state index in [1.165, 1.54) is 4.90 Å². The molecule has 1 aliphatic rings. The summed E-state index contributed by atoms with van der Waals surface area (Å²) >= 11 is 12.4. The summed E-state index contributed by atoms with van der Waals surface area (Å²) in [5.41, 5.74) is 2.02. The summed E-state index contributed by atoms with van der Waals surface area (Å²) in [4.78, 5) is 27.9. The summed E-state index contributed by atoms with van der Waals surface area (Å²) in [5, 5.41) is 11.9. The first-order valence-electron chi connectivity index (χ1n) is 11.4. The molecule has 0 saturated carbocycles. The monoisotopic (exact) mass is 509 g/mol. The first-order valence-corrected chi connectivity index (χ1v) is 12.2. The molecular formula is C28H25Cl2NO4. The number of benzene rings is 3. The fourth-order valence-electron chi connectivity index (χ4n) is 4.14. The summed E-state index contributed by atoms with van der Waals surface area (Å²) in [5.74, 6) is -1.10. The number of hydrogen-bond donors (Lipinski definition) is 1. The van der Waals surface area contributed by atoms with Crippen LogP contribution in [0.2, 0.25) is 10.0 Å². The molecule has 0 spiro atoms. The Morgan fingerprint density at radius 2 is 1.74 bits per heavy atom. The summed E-state index contributed by atoms with van der Waals surface area (Å²) in [6, 6.07) is 20.7. The van der Waals surface area contributed by atoms with Gasteiger partial charge in [-0.1, -0.05) is 78.7 Å². The molecule has 7 heteroatoms. The van der Waals surface area contributed by atoms with E-state index >= 15 is 0 Å². The fraction of sp³-hybridized carbons (Fsp3) is 0.214. The van der Waals surface area contributed by atoms with Crippen LogP contribution in [0.15, 0.2) is 78.4 Å². The maximum Gasteiger partial charge on any atom is 0.295 e. The molecule has 4 rings (SSSR count). The number of nitrogens with zero attached hydrogens (tertiary/aromatic N) is 1. The number of carbonyl (C=O) groups excluding carboxylic acids is 2. The van der Waals surface area contributed by atoms with Gasteiger partial charge >= 0.3 is 0 Å². The molecule has 1 atom stereocenters. The molecular weight excluding hydrogens is 485 g/mol. The number of rotatable bonds is 8. The lowest BCUT2D eigenvalue weighted by atomic mass is 9.95. The number of aliphatic hydroxyl groups excluding tert-OH is 1. The van der Waals surface area contributed by atoms with Crippen molar-refractivity contribution in [3.63, 3.8) is 0 Å². The highest BCUT2D eigenvalue weighted by molar-refractivity contribution is 6.46. The Kier molecular flexibility index (Phi) is 7.79. The largest absolute Gasteiger partial charge is 0.507 e. The Labute approximate surface area is 214 Å². The second kappa shape index (κ2) is 11.0. The molecule has 1 heterocycles. The number of hydrogen-bond acceptors (Lipinski definition) is 4. The Morgan fingerprint density at radius 1 is 0.971 bits per heavy atom. The molecule has 1 fully saturated rings. The molecule has 1 aliphatic heterocycles. The predicted octanol–water partition coefficient (Wildman–Crippen LogP) is 6.45. The van der Waals surface area contributed by atoms with E-state index in [1.807, 2.05) is 37.3 Å². The van der Waals surface area contributed by atoms with E-state index in [4.69, 9.17) is 27.9 Å². The van der Waals surface area contributed by atoms with Crippen LogP contribution in [0.3, 0.4) is 0 Å². The van der Waals surface area contributed by atoms with Gasteiger partial charge in [0.25, 0.3) is 11.7 Å². The minimum absolute atomic E-state index is 0.00842. The van der Waals surface area contributed by atoms with Crippen molar-refractivity contribution in [3.8, 4) is 5.75 Å². The van der Waals surface area contributed by atoms with Gasteiger partial charge in [-0.3, -0.25) is 9.59 Å². The highest BCUT2D eigenvalue weighted by Crippen LogP contribution is 2.41. The molecule has 5 nitrogen and oxygen atoms in total. The zero-order valence-electron chi connectivity index (χ0n) is 19.2. The minimum Gasteiger partial charge on any atom is -0.507 e. The van der Waals surface area contributed by atoms with E-state index in [2.05, 4.69) is 0 Å². The SMILES string of the molecule is CCCOc1cccc(C(O)=C2C(=O)C(=O)N(CCc3ccccc3)C2c2ccc(Cl)c(Cl)c2)c1. The van der Waals surface area contributed by atoms with E-state index in [0.717, 1.165) is 12.0 Å². The standard InChI is InChI=1S/C28H25Cl2NO4/c1-2-15-35-21-10-6-9-20(16-21)26(32)24-25(19-11-12-22(29)23(30)17-19)31(28(34)27(24)33)14-13-18-7-4-3-5-8-18/h3-12,16-17,25,32H,2,13-15H2,1H3. The van der Waals surface area contributed by atoms with Crippen molar-refractivity contribution in [1.82, 2.24) is 4.90 Å². The van der Waals surface area contributed by atoms with Crippen molar-refractivity contribution in [2.45, 2.75) is 25.8 Å². The number of ether oxygens (including phenoxy) is 1. The van der Waals surface area contributed by atoms with E-state index in [0.29, 0.717) is 39.9 Å². The topological polar surface area (TPSA) is 66.8 Å². The van der Waals surface area contributed by atoms with Crippen LogP contribution in [0, 0.1) is 0 Å². The van der Waals surface area contributed by atoms with Crippen molar-refractivity contribution in [2.75, 3.05) is 13.2 Å². The Morgan fingerprint density at radius 3 is 2.46 bits per heavy atom. The van der Waals surface area contributed by atoms with Gasteiger partial charge < -0.3 is 14.7 Å². The molecule has 1 saturated heterocycles. The van der Waals surface area contributed by atoms with E-state index in [9.17, 15) is 14.7 Å². The van der Waals surface area contributed by atoms with Gasteiger partial charge in [0.05, 0.1) is 28.3 Å². The van der Waals surface area contributed by atoms with Crippen LogP contribution in [0.25, 0.3) is 5.76 Å². The van der Waals surface area contributed by atoms with Gasteiger partial charge in [-0.05, 0) is 48.2 Å². The average Bonchev–Trinajstić information content (AvgIpc) is 3.13. The van der Waals surface area contributed by atoms with Crippen molar-refractivity contribution in [3.05, 3.63) is 105 Å². The van der Waals surface area contributed by atoms with Crippen molar-refractivity contribution < 1.29 is 19.4 Å². The second-order valence-corrected chi connectivity index (χ2v) is 9.09. The van der Waals surface area contributed by atoms with Gasteiger partial charge in [0.2, 0.25) is 0 Å². The lowest BCUT2D eigenvalue weighted by Gasteiger charge is -2.25. The number of amides is 1. The normalized spacial score (nSPS) is 17.1. The molecule has 1 unspecified atom stereocenters. The smallest absolute Gasteiger partial charge is 0.295 e. The quantitative estimate of drug-likeness (QED) is 0.215. The third-order valence-corrected chi connectivity index (χ3v) is 6.60. The molecule has 0 aliphatic carbocycles. The highest BCUT2D eigenvalue weighted by atomic mass is 35.5. The number of aliphatic hydroxyl groups is 1. The van der Waals surface area contributed by atoms with Crippen molar-refractivity contribution >= 4 is 40.7 Å². The zero-order chi connectivity index (χ0) is 24.9. The Hall–Kier alpha value is -3.28. The molecule has 1 N–H and O–H groups in total. The Bertz CT molecular complexity index is 1270. The molecule has 3 aromatic carbocycles. The van der Waals surface area contributed by atoms with E-state index in [-0.39, 0.29) is 17.9 Å². The number of likely N-dealkylation sites (tertiary alicyclic amines) is 1. The van der Waals surface area contributed by atoms with Crippen LogP contribution < -0.4 is 4.74 Å². The third kappa shape index (κ3) is 5.37. The first kappa shape index (κ1) is 24.8. The van der Waals surface area contributed by atoms with Gasteiger partial charge in [-0.2, -0.15) is 0 Å². The summed E-state index contributed by atoms with van der Waals surface area (Å²) in [6.45, 7) is 2.81. The predicted molar refractivity (Wildman–Crippen MR) is 138 cm³/mol. The molecule has 0 bridgehead atoms. The number of ketones is 1. The van der Waals surface area contributed by atoms with Crippen LogP contribution >= 0.6 is 23.2 Å². The van der Waals surface area contributed by atoms with E-state index in [1.54, 1.807) is 42.5 Å². The van der Waals surface area contributed by atoms with E-state index < -0.39 is 17.7 Å². The molecule has 3 aromatic rings. The highest BCUT2D eigenvalue weighted by Gasteiger charge is 2.46. The van der Waals surface area contributed by atoms with Crippen LogP contribution in [-0.4, -0.2) is 34.8 Å². The van der Waals surface area contributed by atoms with Crippen LogP contribution in [0.1, 0.15) is 36.1 Å². The van der Waals surface area contributed by atoms with Gasteiger partial charge in [-0.15, -0.1) is 0 Å². The van der Waals surface area contributed by atoms with Gasteiger partial charge in [0.1, 0.15) is 11.5 Å². The zero-order valence-corrected chi connectivity index (χ0v) is 20.7. The minimum atomic E-state index is -0.811. The van der Waals surface area contributed by atoms with Gasteiger partial charge in [-0.25, -0.2) is 0 Å². The van der Waals surface area contributed by atoms with Gasteiger partial charge in [0.15, 0.2) is 0 Å². The average molecular weight is 510 g/mol. The van der Waals surface area contributed by atoms with Crippen molar-refractivity contribution in [1.29, 1.82) is 0 Å². The number of carbonyl (C=O) groups is 2. The Balaban J connectivity index is 1.78. The van der Waals surface area contributed by atoms with Gasteiger partial charge in [0, 0.05) is 12.1 Å². The fourth-order valence-corrected chi connectivity index (χ4v) is 4.45. The molecule has 0 aromatic heterocycles. The lowest BCUT2D eigenvalue weighted by Crippen LogP contribution is -2.31. The van der Waals surface area contributed by atoms with Crippen LogP contribution in [-0.2, 0) is 16.0 Å². The molecule has 35 heavy (non-hydrogen) atoms. The van der Waals surface area contributed by atoms with Crippen LogP contribution in [0.4, 0.5) is 0 Å². The first-order chi connectivity index (χ1) is 16.9. The summed E-state index contributed by atoms with van der Waals surface area (Å²) < 4.78 is 5.68. The molecule has 1 amide bonds. The van der Waals surface area contributed by atoms with Crippen LogP contribution in [0.5, 0.6) is 5.75 Å².